The van der Waals surface area contributed by atoms with Crippen molar-refractivity contribution in [3.8, 4) is 5.75 Å². The van der Waals surface area contributed by atoms with Gasteiger partial charge in [0.1, 0.15) is 23.2 Å². The number of nitrogens with one attached hydrogen (secondary N) is 2. The van der Waals surface area contributed by atoms with E-state index in [2.05, 4.69) is 20.8 Å². The number of ether oxygens (including phenoxy) is 1. The minimum atomic E-state index is -0.940. The molecule has 0 radical (unpaired) electrons. The number of allylic oxidation sites excluding steroid dienone is 1. The van der Waals surface area contributed by atoms with Crippen molar-refractivity contribution in [3.63, 3.8) is 0 Å². The first-order valence-electron chi connectivity index (χ1n) is 7.70. The SMILES string of the molecule is COc1cccc(N2C(=O)C3=C(C(=O)c4cnccn4)NN[C@H]3C2=O)c1. The van der Waals surface area contributed by atoms with E-state index in [9.17, 15) is 14.4 Å². The fourth-order valence-corrected chi connectivity index (χ4v) is 2.91. The van der Waals surface area contributed by atoms with Crippen molar-refractivity contribution in [2.24, 2.45) is 0 Å². The molecule has 9 heteroatoms. The molecule has 130 valence electrons. The van der Waals surface area contributed by atoms with Crippen LogP contribution in [0.5, 0.6) is 5.75 Å². The highest BCUT2D eigenvalue weighted by Gasteiger charge is 2.50. The third kappa shape index (κ3) is 2.33. The zero-order valence-electron chi connectivity index (χ0n) is 13.6. The lowest BCUT2D eigenvalue weighted by molar-refractivity contribution is -0.121. The van der Waals surface area contributed by atoms with Gasteiger partial charge in [-0.2, -0.15) is 0 Å². The molecule has 3 heterocycles. The monoisotopic (exact) mass is 351 g/mol. The maximum absolute atomic E-state index is 12.9. The molecular formula is C17H13N5O4. The fraction of sp³-hybridized carbons (Fsp3) is 0.118. The van der Waals surface area contributed by atoms with Crippen LogP contribution in [0.15, 0.2) is 54.1 Å². The molecule has 2 N–H and O–H groups in total. The molecule has 2 aliphatic heterocycles. The van der Waals surface area contributed by atoms with Gasteiger partial charge >= 0.3 is 0 Å². The Morgan fingerprint density at radius 1 is 1.27 bits per heavy atom. The topological polar surface area (TPSA) is 114 Å². The first-order chi connectivity index (χ1) is 12.6. The van der Waals surface area contributed by atoms with Crippen molar-refractivity contribution in [2.45, 2.75) is 6.04 Å². The fourth-order valence-electron chi connectivity index (χ4n) is 2.91. The summed E-state index contributed by atoms with van der Waals surface area (Å²) in [4.78, 5) is 47.0. The molecule has 0 unspecified atom stereocenters. The number of rotatable bonds is 4. The molecule has 1 atom stereocenters. The number of aromatic nitrogens is 2. The number of amides is 2. The van der Waals surface area contributed by atoms with Crippen molar-refractivity contribution in [1.82, 2.24) is 20.8 Å². The molecule has 0 spiro atoms. The van der Waals surface area contributed by atoms with Gasteiger partial charge < -0.3 is 10.2 Å². The van der Waals surface area contributed by atoms with Crippen molar-refractivity contribution < 1.29 is 19.1 Å². The summed E-state index contributed by atoms with van der Waals surface area (Å²) in [6.07, 6.45) is 4.11. The van der Waals surface area contributed by atoms with Gasteiger partial charge in [-0.25, -0.2) is 15.3 Å². The smallest absolute Gasteiger partial charge is 0.265 e. The van der Waals surface area contributed by atoms with Crippen LogP contribution in [0, 0.1) is 0 Å². The van der Waals surface area contributed by atoms with Gasteiger partial charge in [-0.1, -0.05) is 6.07 Å². The van der Waals surface area contributed by atoms with Crippen LogP contribution in [-0.4, -0.2) is 40.7 Å². The van der Waals surface area contributed by atoms with Crippen LogP contribution in [0.3, 0.4) is 0 Å². The largest absolute Gasteiger partial charge is 0.497 e. The Morgan fingerprint density at radius 3 is 2.85 bits per heavy atom. The molecule has 0 bridgehead atoms. The van der Waals surface area contributed by atoms with Crippen molar-refractivity contribution in [2.75, 3.05) is 12.0 Å². The molecule has 1 saturated heterocycles. The second-order valence-electron chi connectivity index (χ2n) is 5.59. The Hall–Kier alpha value is -3.59. The number of imide groups is 1. The van der Waals surface area contributed by atoms with Gasteiger partial charge in [0.2, 0.25) is 5.78 Å². The Morgan fingerprint density at radius 2 is 2.12 bits per heavy atom. The highest BCUT2D eigenvalue weighted by atomic mass is 16.5. The number of methoxy groups -OCH3 is 1. The van der Waals surface area contributed by atoms with Crippen LogP contribution in [0.4, 0.5) is 5.69 Å². The first-order valence-corrected chi connectivity index (χ1v) is 7.70. The second-order valence-corrected chi connectivity index (χ2v) is 5.59. The summed E-state index contributed by atoms with van der Waals surface area (Å²) < 4.78 is 5.14. The summed E-state index contributed by atoms with van der Waals surface area (Å²) in [7, 11) is 1.49. The minimum Gasteiger partial charge on any atom is -0.497 e. The van der Waals surface area contributed by atoms with E-state index in [1.165, 1.54) is 25.7 Å². The number of carbonyl (C=O) groups is 3. The normalized spacial score (nSPS) is 18.8. The molecule has 26 heavy (non-hydrogen) atoms. The van der Waals surface area contributed by atoms with Crippen molar-refractivity contribution in [3.05, 3.63) is 59.8 Å². The number of hydrogen-bond acceptors (Lipinski definition) is 8. The Labute approximate surface area is 147 Å². The van der Waals surface area contributed by atoms with Gasteiger partial charge in [0.25, 0.3) is 11.8 Å². The molecule has 1 aromatic carbocycles. The van der Waals surface area contributed by atoms with Crippen LogP contribution in [0.25, 0.3) is 0 Å². The quantitative estimate of drug-likeness (QED) is 0.583. The molecular weight excluding hydrogens is 338 g/mol. The van der Waals surface area contributed by atoms with E-state index >= 15 is 0 Å². The van der Waals surface area contributed by atoms with Gasteiger partial charge in [-0.3, -0.25) is 19.4 Å². The number of fused-ring (bicyclic) bond motifs is 1. The first kappa shape index (κ1) is 15.9. The lowest BCUT2D eigenvalue weighted by Gasteiger charge is -2.16. The van der Waals surface area contributed by atoms with E-state index in [-0.39, 0.29) is 17.0 Å². The summed E-state index contributed by atoms with van der Waals surface area (Å²) >= 11 is 0. The van der Waals surface area contributed by atoms with Crippen molar-refractivity contribution >= 4 is 23.3 Å². The zero-order valence-corrected chi connectivity index (χ0v) is 13.6. The molecule has 2 aromatic rings. The van der Waals surface area contributed by atoms with E-state index < -0.39 is 23.6 Å². The number of anilines is 1. The van der Waals surface area contributed by atoms with Gasteiger partial charge in [0.05, 0.1) is 24.6 Å². The number of hydrazine groups is 1. The van der Waals surface area contributed by atoms with E-state index in [0.717, 1.165) is 4.90 Å². The summed E-state index contributed by atoms with van der Waals surface area (Å²) in [5, 5.41) is 0. The Kier molecular flexibility index (Phi) is 3.70. The summed E-state index contributed by atoms with van der Waals surface area (Å²) in [5.41, 5.74) is 5.83. The van der Waals surface area contributed by atoms with E-state index in [4.69, 9.17) is 4.74 Å². The van der Waals surface area contributed by atoms with Gasteiger partial charge in [0, 0.05) is 18.5 Å². The van der Waals surface area contributed by atoms with E-state index in [1.54, 1.807) is 24.3 Å². The third-order valence-corrected chi connectivity index (χ3v) is 4.13. The van der Waals surface area contributed by atoms with Crippen LogP contribution < -0.4 is 20.5 Å². The number of benzene rings is 1. The van der Waals surface area contributed by atoms with Crippen LogP contribution in [-0.2, 0) is 9.59 Å². The van der Waals surface area contributed by atoms with Crippen molar-refractivity contribution in [1.29, 1.82) is 0 Å². The zero-order chi connectivity index (χ0) is 18.3. The van der Waals surface area contributed by atoms with Gasteiger partial charge in [0.15, 0.2) is 0 Å². The van der Waals surface area contributed by atoms with E-state index in [1.807, 2.05) is 0 Å². The van der Waals surface area contributed by atoms with Crippen LogP contribution in [0.2, 0.25) is 0 Å². The number of Topliss-reactive ketones (excluding diaryl/α,β-unsaturated/α-hetero) is 1. The second kappa shape index (κ2) is 6.05. The summed E-state index contributed by atoms with van der Waals surface area (Å²) in [6.45, 7) is 0. The molecule has 1 fully saturated rings. The average Bonchev–Trinajstić information content (AvgIpc) is 3.22. The number of ketones is 1. The molecule has 2 amide bonds. The predicted molar refractivity (Wildman–Crippen MR) is 88.9 cm³/mol. The Bertz CT molecular complexity index is 957. The lowest BCUT2D eigenvalue weighted by Crippen LogP contribution is -2.42. The van der Waals surface area contributed by atoms with Gasteiger partial charge in [-0.15, -0.1) is 0 Å². The number of hydrogen-bond donors (Lipinski definition) is 2. The molecule has 1 aromatic heterocycles. The standard InChI is InChI=1S/C17H13N5O4/c1-26-10-4-2-3-9(7-10)22-16(24)12-13(20-21-14(12)17(22)25)15(23)11-8-18-5-6-19-11/h2-8,14,20-21H,1H3/t14-/m1/s1. The lowest BCUT2D eigenvalue weighted by atomic mass is 10.1. The Balaban J connectivity index is 1.75. The maximum atomic E-state index is 12.9. The number of carbonyl (C=O) groups excluding carboxylic acids is 3. The molecule has 0 aliphatic carbocycles. The van der Waals surface area contributed by atoms with Gasteiger partial charge in [-0.05, 0) is 12.1 Å². The maximum Gasteiger partial charge on any atom is 0.265 e. The molecule has 4 rings (SSSR count). The highest BCUT2D eigenvalue weighted by Crippen LogP contribution is 2.32. The number of nitrogens with zero attached hydrogens (tertiary/aromatic N) is 3. The van der Waals surface area contributed by atoms with Crippen LogP contribution in [0.1, 0.15) is 10.5 Å². The molecule has 9 nitrogen and oxygen atoms in total. The highest BCUT2D eigenvalue weighted by molar-refractivity contribution is 6.33. The third-order valence-electron chi connectivity index (χ3n) is 4.13. The molecule has 2 aliphatic rings. The summed E-state index contributed by atoms with van der Waals surface area (Å²) in [6, 6.07) is 5.64. The average molecular weight is 351 g/mol. The predicted octanol–water partition coefficient (Wildman–Crippen LogP) is -0.0282. The van der Waals surface area contributed by atoms with Crippen LogP contribution >= 0.6 is 0 Å². The molecule has 0 saturated carbocycles. The minimum absolute atomic E-state index is 0.000698. The summed E-state index contributed by atoms with van der Waals surface area (Å²) in [5.74, 6) is -1.06. The van der Waals surface area contributed by atoms with E-state index in [0.29, 0.717) is 11.4 Å².